The van der Waals surface area contributed by atoms with Crippen LogP contribution in [0.3, 0.4) is 0 Å². The van der Waals surface area contributed by atoms with E-state index in [9.17, 15) is 14.2 Å². The third-order valence-corrected chi connectivity index (χ3v) is 5.72. The van der Waals surface area contributed by atoms with Gasteiger partial charge in [0, 0.05) is 17.9 Å². The Labute approximate surface area is 137 Å². The molecule has 6 heteroatoms. The highest BCUT2D eigenvalue weighted by Gasteiger charge is 2.36. The predicted molar refractivity (Wildman–Crippen MR) is 89.6 cm³/mol. The van der Waals surface area contributed by atoms with E-state index in [2.05, 4.69) is 0 Å². The molecule has 0 unspecified atom stereocenters. The minimum atomic E-state index is -3.76. The number of carbonyl (C=O) groups is 2. The van der Waals surface area contributed by atoms with Gasteiger partial charge in [-0.2, -0.15) is 0 Å². The number of rotatable bonds is 10. The van der Waals surface area contributed by atoms with Crippen molar-refractivity contribution in [3.8, 4) is 0 Å². The van der Waals surface area contributed by atoms with Crippen molar-refractivity contribution in [2.75, 3.05) is 13.2 Å². The minimum Gasteiger partial charge on any atom is -0.303 e. The maximum atomic E-state index is 12.4. The summed E-state index contributed by atoms with van der Waals surface area (Å²) in [6.45, 7) is 7.16. The maximum absolute atomic E-state index is 12.4. The Hall–Kier alpha value is -1.29. The number of carbonyl (C=O) groups excluding carboxylic acids is 2. The van der Waals surface area contributed by atoms with Gasteiger partial charge >= 0.3 is 7.60 Å². The van der Waals surface area contributed by atoms with Gasteiger partial charge in [-0.3, -0.25) is 14.2 Å². The Kier molecular flexibility index (Phi) is 7.83. The lowest BCUT2D eigenvalue weighted by atomic mass is 9.87. The van der Waals surface area contributed by atoms with Crippen LogP contribution in [-0.4, -0.2) is 24.5 Å². The summed E-state index contributed by atoms with van der Waals surface area (Å²) in [4.78, 5) is 24.7. The minimum absolute atomic E-state index is 0.0168. The molecule has 0 aliphatic heterocycles. The largest absolute Gasteiger partial charge is 0.396 e. The van der Waals surface area contributed by atoms with Crippen molar-refractivity contribution < 1.29 is 23.2 Å². The molecule has 0 fully saturated rings. The van der Waals surface area contributed by atoms with Crippen molar-refractivity contribution in [2.45, 2.75) is 34.1 Å². The highest BCUT2D eigenvalue weighted by molar-refractivity contribution is 7.71. The van der Waals surface area contributed by atoms with E-state index in [0.717, 1.165) is 0 Å². The van der Waals surface area contributed by atoms with Gasteiger partial charge < -0.3 is 9.05 Å². The molecule has 0 N–H and O–H groups in total. The van der Waals surface area contributed by atoms with Gasteiger partial charge in [0.2, 0.25) is 5.52 Å². The molecular formula is C17H25O5P. The Bertz CT molecular complexity index is 560. The zero-order valence-corrected chi connectivity index (χ0v) is 15.0. The molecule has 0 saturated carbocycles. The molecule has 0 aliphatic rings. The van der Waals surface area contributed by atoms with Crippen molar-refractivity contribution >= 4 is 18.9 Å². The summed E-state index contributed by atoms with van der Waals surface area (Å²) in [5.74, 6) is -0.656. The number of Topliss-reactive ketones (excluding diaryl/α,β-unsaturated/α-hetero) is 1. The zero-order valence-electron chi connectivity index (χ0n) is 14.2. The summed E-state index contributed by atoms with van der Waals surface area (Å²) in [5, 5.41) is 0. The summed E-state index contributed by atoms with van der Waals surface area (Å²) in [7, 11) is -3.76. The Morgan fingerprint density at radius 3 is 2.04 bits per heavy atom. The highest BCUT2D eigenvalue weighted by Crippen LogP contribution is 2.50. The van der Waals surface area contributed by atoms with Crippen molar-refractivity contribution in [2.24, 2.45) is 11.8 Å². The molecule has 23 heavy (non-hydrogen) atoms. The van der Waals surface area contributed by atoms with Gasteiger partial charge in [-0.05, 0) is 19.8 Å². The monoisotopic (exact) mass is 340 g/mol. The van der Waals surface area contributed by atoms with Gasteiger partial charge in [-0.1, -0.05) is 44.2 Å². The van der Waals surface area contributed by atoms with Crippen LogP contribution in [0.2, 0.25) is 0 Å². The van der Waals surface area contributed by atoms with Crippen LogP contribution in [0.1, 0.15) is 44.5 Å². The molecule has 0 heterocycles. The molecule has 0 amide bonds. The molecule has 1 aromatic rings. The van der Waals surface area contributed by atoms with E-state index in [-0.39, 0.29) is 37.3 Å². The first-order chi connectivity index (χ1) is 10.9. The van der Waals surface area contributed by atoms with Crippen molar-refractivity contribution in [3.05, 3.63) is 35.9 Å². The van der Waals surface area contributed by atoms with Crippen LogP contribution >= 0.6 is 7.60 Å². The van der Waals surface area contributed by atoms with Crippen molar-refractivity contribution in [1.82, 2.24) is 0 Å². The zero-order chi connectivity index (χ0) is 17.5. The van der Waals surface area contributed by atoms with E-state index in [0.29, 0.717) is 5.56 Å². The fraction of sp³-hybridized carbons (Fsp3) is 0.529. The van der Waals surface area contributed by atoms with Gasteiger partial charge in [0.05, 0.1) is 13.2 Å². The SMILES string of the molecule is CCOP(=O)(OCC)C(=O)C[C@@H](C)[C@@H](C)C(=O)c1ccccc1. The van der Waals surface area contributed by atoms with E-state index < -0.39 is 13.1 Å². The molecule has 2 atom stereocenters. The van der Waals surface area contributed by atoms with Crippen LogP contribution < -0.4 is 0 Å². The van der Waals surface area contributed by atoms with E-state index in [1.165, 1.54) is 0 Å². The quantitative estimate of drug-likeness (QED) is 0.468. The lowest BCUT2D eigenvalue weighted by Gasteiger charge is -2.21. The van der Waals surface area contributed by atoms with Crippen LogP contribution in [-0.2, 0) is 18.4 Å². The van der Waals surface area contributed by atoms with Crippen molar-refractivity contribution in [1.29, 1.82) is 0 Å². The molecule has 0 bridgehead atoms. The average molecular weight is 340 g/mol. The molecule has 0 aliphatic carbocycles. The van der Waals surface area contributed by atoms with E-state index in [4.69, 9.17) is 9.05 Å². The van der Waals surface area contributed by atoms with Crippen LogP contribution in [0.4, 0.5) is 0 Å². The lowest BCUT2D eigenvalue weighted by Crippen LogP contribution is -2.22. The molecule has 0 aromatic heterocycles. The predicted octanol–water partition coefficient (Wildman–Crippen LogP) is 4.32. The second-order valence-corrected chi connectivity index (χ2v) is 7.44. The fourth-order valence-corrected chi connectivity index (χ4v) is 3.76. The van der Waals surface area contributed by atoms with Crippen LogP contribution in [0.15, 0.2) is 30.3 Å². The number of hydrogen-bond acceptors (Lipinski definition) is 5. The van der Waals surface area contributed by atoms with Gasteiger partial charge in [0.25, 0.3) is 0 Å². The third-order valence-electron chi connectivity index (χ3n) is 3.73. The van der Waals surface area contributed by atoms with Gasteiger partial charge in [-0.25, -0.2) is 0 Å². The Balaban J connectivity index is 2.77. The number of hydrogen-bond donors (Lipinski definition) is 0. The first-order valence-electron chi connectivity index (χ1n) is 7.87. The van der Waals surface area contributed by atoms with Crippen molar-refractivity contribution in [3.63, 3.8) is 0 Å². The summed E-state index contributed by atoms with van der Waals surface area (Å²) in [6.07, 6.45) is -0.0168. The molecule has 5 nitrogen and oxygen atoms in total. The third kappa shape index (κ3) is 5.38. The first-order valence-corrected chi connectivity index (χ1v) is 9.41. The van der Waals surface area contributed by atoms with E-state index in [1.807, 2.05) is 6.07 Å². The molecule has 1 aromatic carbocycles. The average Bonchev–Trinajstić information content (AvgIpc) is 2.54. The Morgan fingerprint density at radius 2 is 1.57 bits per heavy atom. The molecule has 1 rings (SSSR count). The fourth-order valence-electron chi connectivity index (χ4n) is 2.21. The molecule has 0 spiro atoms. The summed E-state index contributed by atoms with van der Waals surface area (Å²) in [6, 6.07) is 8.94. The second kappa shape index (κ2) is 9.11. The topological polar surface area (TPSA) is 69.7 Å². The summed E-state index contributed by atoms with van der Waals surface area (Å²) in [5.41, 5.74) is 0.0403. The standard InChI is InChI=1S/C17H25O5P/c1-5-21-23(20,22-6-2)16(18)12-13(3)14(4)17(19)15-10-8-7-9-11-15/h7-11,13-14H,5-6,12H2,1-4H3/t13-,14-/m1/s1. The van der Waals surface area contributed by atoms with Crippen LogP contribution in [0.25, 0.3) is 0 Å². The molecular weight excluding hydrogens is 315 g/mol. The lowest BCUT2D eigenvalue weighted by molar-refractivity contribution is -0.114. The second-order valence-electron chi connectivity index (χ2n) is 5.43. The van der Waals surface area contributed by atoms with E-state index in [1.54, 1.807) is 52.0 Å². The summed E-state index contributed by atoms with van der Waals surface area (Å²) >= 11 is 0. The smallest absolute Gasteiger partial charge is 0.303 e. The molecule has 128 valence electrons. The summed E-state index contributed by atoms with van der Waals surface area (Å²) < 4.78 is 22.5. The Morgan fingerprint density at radius 1 is 1.04 bits per heavy atom. The number of benzene rings is 1. The van der Waals surface area contributed by atoms with Gasteiger partial charge in [0.1, 0.15) is 0 Å². The van der Waals surface area contributed by atoms with E-state index >= 15 is 0 Å². The molecule has 0 saturated heterocycles. The van der Waals surface area contributed by atoms with Gasteiger partial charge in [-0.15, -0.1) is 0 Å². The first kappa shape index (κ1) is 19.8. The maximum Gasteiger partial charge on any atom is 0.396 e. The number of ketones is 1. The highest BCUT2D eigenvalue weighted by atomic mass is 31.2. The normalized spacial score (nSPS) is 14.3. The van der Waals surface area contributed by atoms with Crippen LogP contribution in [0, 0.1) is 11.8 Å². The molecule has 0 radical (unpaired) electrons. The van der Waals surface area contributed by atoms with Crippen LogP contribution in [0.5, 0.6) is 0 Å². The van der Waals surface area contributed by atoms with Gasteiger partial charge in [0.15, 0.2) is 5.78 Å².